The molecule has 1 fully saturated rings. The van der Waals surface area contributed by atoms with Gasteiger partial charge in [-0.2, -0.15) is 0 Å². The Morgan fingerprint density at radius 2 is 2.00 bits per heavy atom. The van der Waals surface area contributed by atoms with Crippen LogP contribution in [0.15, 0.2) is 12.1 Å². The Hall–Kier alpha value is -1.66. The van der Waals surface area contributed by atoms with Gasteiger partial charge in [0.1, 0.15) is 6.54 Å². The molecule has 0 saturated carbocycles. The van der Waals surface area contributed by atoms with Gasteiger partial charge in [0.2, 0.25) is 0 Å². The first kappa shape index (κ1) is 18.1. The summed E-state index contributed by atoms with van der Waals surface area (Å²) in [6, 6.07) is 3.61. The number of carbonyl (C=O) groups is 2. The second-order valence-electron chi connectivity index (χ2n) is 6.25. The lowest BCUT2D eigenvalue weighted by Crippen LogP contribution is -2.39. The summed E-state index contributed by atoms with van der Waals surface area (Å²) in [6.07, 6.45) is 0.344. The molecule has 0 bridgehead atoms. The minimum atomic E-state index is -0.922. The first-order chi connectivity index (χ1) is 11.9. The molecule has 2 aliphatic heterocycles. The third-order valence-corrected chi connectivity index (χ3v) is 5.75. The van der Waals surface area contributed by atoms with E-state index < -0.39 is 6.09 Å². The summed E-state index contributed by atoms with van der Waals surface area (Å²) in [7, 11) is 0. The quantitative estimate of drug-likeness (QED) is 0.803. The van der Waals surface area contributed by atoms with Crippen LogP contribution in [-0.4, -0.2) is 54.4 Å². The number of hydrogen-bond acceptors (Lipinski definition) is 4. The topological polar surface area (TPSA) is 70.1 Å². The lowest BCUT2D eigenvalue weighted by Gasteiger charge is -2.28. The van der Waals surface area contributed by atoms with E-state index in [2.05, 4.69) is 0 Å². The molecule has 3 rings (SSSR count). The van der Waals surface area contributed by atoms with E-state index >= 15 is 0 Å². The van der Waals surface area contributed by atoms with Gasteiger partial charge in [0.15, 0.2) is 0 Å². The monoisotopic (exact) mass is 386 g/mol. The number of hydrogen-bond donors (Lipinski definition) is 1. The largest absolute Gasteiger partial charge is 0.465 e. The van der Waals surface area contributed by atoms with Crippen LogP contribution in [0.1, 0.15) is 31.2 Å². The van der Waals surface area contributed by atoms with Crippen molar-refractivity contribution in [3.05, 3.63) is 27.7 Å². The number of halogens is 2. The van der Waals surface area contributed by atoms with Gasteiger partial charge in [-0.25, -0.2) is 4.79 Å². The van der Waals surface area contributed by atoms with Crippen LogP contribution < -0.4 is 4.90 Å². The maximum atomic E-state index is 12.1. The Balaban J connectivity index is 1.96. The first-order valence-electron chi connectivity index (χ1n) is 8.32. The number of rotatable bonds is 3. The number of amides is 1. The van der Waals surface area contributed by atoms with Gasteiger partial charge in [-0.1, -0.05) is 23.2 Å². The molecule has 1 N–H and O–H groups in total. The Bertz CT molecular complexity index is 697. The molecule has 8 heteroatoms. The molecule has 1 amide bonds. The summed E-state index contributed by atoms with van der Waals surface area (Å²) in [5, 5.41) is 10.3. The summed E-state index contributed by atoms with van der Waals surface area (Å²) in [4.78, 5) is 26.8. The highest BCUT2D eigenvalue weighted by atomic mass is 35.5. The average Bonchev–Trinajstić information content (AvgIpc) is 2.71. The summed E-state index contributed by atoms with van der Waals surface area (Å²) in [5.74, 6) is -0.264. The number of nitrogens with zero attached hydrogens (tertiary/aromatic N) is 2. The normalized spacial score (nSPS) is 22.2. The van der Waals surface area contributed by atoms with E-state index in [1.807, 2.05) is 11.0 Å². The molecule has 0 spiro atoms. The Morgan fingerprint density at radius 3 is 2.68 bits per heavy atom. The van der Waals surface area contributed by atoms with Crippen LogP contribution in [0.3, 0.4) is 0 Å². The van der Waals surface area contributed by atoms with Gasteiger partial charge >= 0.3 is 12.1 Å². The van der Waals surface area contributed by atoms with Crippen molar-refractivity contribution in [2.45, 2.75) is 31.7 Å². The van der Waals surface area contributed by atoms with Crippen LogP contribution in [0.5, 0.6) is 0 Å². The van der Waals surface area contributed by atoms with E-state index in [1.165, 1.54) is 4.90 Å². The van der Waals surface area contributed by atoms with Crippen LogP contribution >= 0.6 is 23.2 Å². The molecule has 0 radical (unpaired) electrons. The second-order valence-corrected chi connectivity index (χ2v) is 7.03. The van der Waals surface area contributed by atoms with Crippen molar-refractivity contribution in [1.82, 2.24) is 4.90 Å². The average molecular weight is 387 g/mol. The Labute approximate surface area is 156 Å². The van der Waals surface area contributed by atoms with Crippen LogP contribution in [0.4, 0.5) is 10.5 Å². The molecule has 1 aromatic carbocycles. The van der Waals surface area contributed by atoms with Crippen molar-refractivity contribution in [2.24, 2.45) is 0 Å². The lowest BCUT2D eigenvalue weighted by atomic mass is 9.91. The van der Waals surface area contributed by atoms with E-state index in [0.717, 1.165) is 11.3 Å². The molecule has 136 valence electrons. The summed E-state index contributed by atoms with van der Waals surface area (Å²) >= 11 is 12.7. The molecular weight excluding hydrogens is 367 g/mol. The molecule has 25 heavy (non-hydrogen) atoms. The number of carboxylic acid groups (broad SMARTS) is 1. The number of likely N-dealkylation sites (tertiary alicyclic amines) is 1. The van der Waals surface area contributed by atoms with Gasteiger partial charge in [0.05, 0.1) is 16.7 Å². The maximum Gasteiger partial charge on any atom is 0.407 e. The molecule has 0 aromatic heterocycles. The van der Waals surface area contributed by atoms with Crippen LogP contribution in [0.25, 0.3) is 0 Å². The second kappa shape index (κ2) is 7.30. The van der Waals surface area contributed by atoms with Crippen LogP contribution in [0, 0.1) is 0 Å². The van der Waals surface area contributed by atoms with Crippen LogP contribution in [-0.2, 0) is 9.53 Å². The zero-order valence-corrected chi connectivity index (χ0v) is 15.4. The molecule has 0 aliphatic carbocycles. The molecule has 1 aromatic rings. The van der Waals surface area contributed by atoms with E-state index in [4.69, 9.17) is 27.9 Å². The van der Waals surface area contributed by atoms with Gasteiger partial charge in [-0.05, 0) is 31.9 Å². The molecule has 0 unspecified atom stereocenters. The number of esters is 1. The number of ether oxygens (including phenoxy) is 1. The summed E-state index contributed by atoms with van der Waals surface area (Å²) < 4.78 is 5.10. The van der Waals surface area contributed by atoms with Crippen molar-refractivity contribution in [3.63, 3.8) is 0 Å². The third-order valence-electron chi connectivity index (χ3n) is 4.93. The fourth-order valence-electron chi connectivity index (χ4n) is 3.88. The van der Waals surface area contributed by atoms with Crippen molar-refractivity contribution >= 4 is 41.0 Å². The van der Waals surface area contributed by atoms with Gasteiger partial charge in [0.25, 0.3) is 0 Å². The van der Waals surface area contributed by atoms with Gasteiger partial charge in [-0.3, -0.25) is 4.79 Å². The number of carbonyl (C=O) groups excluding carboxylic acids is 1. The molecule has 6 nitrogen and oxygen atoms in total. The van der Waals surface area contributed by atoms with Crippen molar-refractivity contribution in [3.8, 4) is 0 Å². The fraction of sp³-hybridized carbons (Fsp3) is 0.529. The highest BCUT2D eigenvalue weighted by molar-refractivity contribution is 6.42. The SMILES string of the molecule is CCOC(=O)CN1c2ccc(Cl)c(Cl)c2[C@@H]2CCN(C(=O)O)CC[C@@H]21. The minimum Gasteiger partial charge on any atom is -0.465 e. The molecule has 2 atom stereocenters. The molecule has 2 aliphatic rings. The zero-order chi connectivity index (χ0) is 18.1. The highest BCUT2D eigenvalue weighted by Crippen LogP contribution is 2.50. The Kier molecular flexibility index (Phi) is 5.29. The van der Waals surface area contributed by atoms with Crippen molar-refractivity contribution < 1.29 is 19.4 Å². The fourth-order valence-corrected chi connectivity index (χ4v) is 4.34. The molecule has 1 saturated heterocycles. The van der Waals surface area contributed by atoms with Gasteiger partial charge in [0, 0.05) is 36.3 Å². The lowest BCUT2D eigenvalue weighted by molar-refractivity contribution is -0.141. The van der Waals surface area contributed by atoms with E-state index in [-0.39, 0.29) is 24.5 Å². The van der Waals surface area contributed by atoms with Crippen molar-refractivity contribution in [1.29, 1.82) is 0 Å². The third kappa shape index (κ3) is 3.37. The number of fused-ring (bicyclic) bond motifs is 3. The van der Waals surface area contributed by atoms with Crippen molar-refractivity contribution in [2.75, 3.05) is 31.1 Å². The molecule has 2 heterocycles. The Morgan fingerprint density at radius 1 is 1.28 bits per heavy atom. The predicted molar refractivity (Wildman–Crippen MR) is 95.8 cm³/mol. The van der Waals surface area contributed by atoms with Crippen LogP contribution in [0.2, 0.25) is 10.0 Å². The summed E-state index contributed by atoms with van der Waals surface area (Å²) in [6.45, 7) is 3.07. The first-order valence-corrected chi connectivity index (χ1v) is 9.07. The number of benzene rings is 1. The standard InChI is InChI=1S/C17H20Cl2N2O4/c1-2-25-14(22)9-21-12-6-8-20(17(23)24)7-5-10(12)15-13(21)4-3-11(18)16(15)19/h3-4,10,12H,2,5-9H2,1H3,(H,23,24)/t10-,12+/m1/s1. The predicted octanol–water partition coefficient (Wildman–Crippen LogP) is 3.60. The summed E-state index contributed by atoms with van der Waals surface area (Å²) in [5.41, 5.74) is 1.80. The smallest absolute Gasteiger partial charge is 0.407 e. The maximum absolute atomic E-state index is 12.1. The minimum absolute atomic E-state index is 0.000257. The van der Waals surface area contributed by atoms with E-state index in [1.54, 1.807) is 13.0 Å². The zero-order valence-electron chi connectivity index (χ0n) is 13.9. The number of anilines is 1. The van der Waals surface area contributed by atoms with E-state index in [9.17, 15) is 14.7 Å². The molecular formula is C17H20Cl2N2O4. The van der Waals surface area contributed by atoms with Gasteiger partial charge in [-0.15, -0.1) is 0 Å². The van der Waals surface area contributed by atoms with Gasteiger partial charge < -0.3 is 19.6 Å². The van der Waals surface area contributed by atoms with E-state index in [0.29, 0.717) is 42.6 Å². The highest BCUT2D eigenvalue weighted by Gasteiger charge is 2.43.